The van der Waals surface area contributed by atoms with Gasteiger partial charge in [-0.1, -0.05) is 24.3 Å². The molecule has 1 aromatic heterocycles. The second kappa shape index (κ2) is 4.42. The van der Waals surface area contributed by atoms with Gasteiger partial charge >= 0.3 is 0 Å². The Morgan fingerprint density at radius 1 is 1.33 bits per heavy atom. The number of nitrogens with zero attached hydrogens (tertiary/aromatic N) is 3. The summed E-state index contributed by atoms with van der Waals surface area (Å²) in [6, 6.07) is 8.39. The molecule has 1 unspecified atom stereocenters. The van der Waals surface area contributed by atoms with E-state index in [9.17, 15) is 0 Å². The predicted molar refractivity (Wildman–Crippen MR) is 68.6 cm³/mol. The number of hydrogen-bond acceptors (Lipinski definition) is 5. The van der Waals surface area contributed by atoms with Crippen molar-refractivity contribution in [1.82, 2.24) is 15.5 Å². The molecule has 0 amide bonds. The van der Waals surface area contributed by atoms with Crippen molar-refractivity contribution in [3.05, 3.63) is 41.3 Å². The first kappa shape index (κ1) is 11.2. The summed E-state index contributed by atoms with van der Waals surface area (Å²) in [4.78, 5) is 6.28. The topological polar surface area (TPSA) is 54.2 Å². The second-order valence-electron chi connectivity index (χ2n) is 4.71. The number of anilines is 1. The van der Waals surface area contributed by atoms with E-state index in [0.717, 1.165) is 13.1 Å². The molecule has 3 rings (SSSR count). The van der Waals surface area contributed by atoms with E-state index in [0.29, 0.717) is 11.8 Å². The van der Waals surface area contributed by atoms with Crippen LogP contribution in [-0.2, 0) is 6.54 Å². The highest BCUT2D eigenvalue weighted by molar-refractivity contribution is 5.37. The van der Waals surface area contributed by atoms with Crippen molar-refractivity contribution in [3.63, 3.8) is 0 Å². The molecule has 0 spiro atoms. The Morgan fingerprint density at radius 3 is 2.94 bits per heavy atom. The summed E-state index contributed by atoms with van der Waals surface area (Å²) < 4.78 is 5.38. The molecule has 0 radical (unpaired) electrons. The third-order valence-corrected chi connectivity index (χ3v) is 3.22. The minimum absolute atomic E-state index is 0.149. The van der Waals surface area contributed by atoms with Gasteiger partial charge in [0.2, 0.25) is 5.89 Å². The van der Waals surface area contributed by atoms with Crippen LogP contribution in [0.2, 0.25) is 0 Å². The fraction of sp³-hybridized carbons (Fsp3) is 0.385. The van der Waals surface area contributed by atoms with Gasteiger partial charge in [-0.05, 0) is 16.3 Å². The van der Waals surface area contributed by atoms with Gasteiger partial charge in [-0.15, -0.1) is 0 Å². The first-order valence-corrected chi connectivity index (χ1v) is 6.05. The smallest absolute Gasteiger partial charge is 0.265 e. The van der Waals surface area contributed by atoms with Gasteiger partial charge in [-0.3, -0.25) is 0 Å². The molecule has 2 heterocycles. The number of benzene rings is 1. The standard InChI is InChI=1S/C13H16N4O/c1-17(2)13-15-12(18-16-13)11-8-14-7-9-5-3-4-6-10(9)11/h3-6,11,14H,7-8H2,1-2H3. The number of rotatable bonds is 2. The molecule has 2 aromatic rings. The molecule has 1 aromatic carbocycles. The first-order valence-electron chi connectivity index (χ1n) is 6.05. The molecule has 0 saturated carbocycles. The monoisotopic (exact) mass is 244 g/mol. The quantitative estimate of drug-likeness (QED) is 0.864. The summed E-state index contributed by atoms with van der Waals surface area (Å²) in [7, 11) is 3.81. The maximum absolute atomic E-state index is 5.38. The van der Waals surface area contributed by atoms with Gasteiger partial charge in [0.05, 0.1) is 5.92 Å². The van der Waals surface area contributed by atoms with Crippen molar-refractivity contribution >= 4 is 5.95 Å². The molecule has 0 fully saturated rings. The van der Waals surface area contributed by atoms with Crippen LogP contribution >= 0.6 is 0 Å². The Labute approximate surface area is 106 Å². The van der Waals surface area contributed by atoms with E-state index in [1.54, 1.807) is 0 Å². The van der Waals surface area contributed by atoms with Crippen molar-refractivity contribution in [2.24, 2.45) is 0 Å². The normalized spacial score (nSPS) is 18.4. The van der Waals surface area contributed by atoms with Gasteiger partial charge in [0.1, 0.15) is 0 Å². The largest absolute Gasteiger partial charge is 0.344 e. The Balaban J connectivity index is 1.97. The minimum atomic E-state index is 0.149. The van der Waals surface area contributed by atoms with Crippen LogP contribution in [-0.4, -0.2) is 30.8 Å². The van der Waals surface area contributed by atoms with Crippen molar-refractivity contribution in [3.8, 4) is 0 Å². The average molecular weight is 244 g/mol. The molecule has 94 valence electrons. The molecule has 1 aliphatic rings. The Bertz CT molecular complexity index is 549. The van der Waals surface area contributed by atoms with Crippen LogP contribution in [0, 0.1) is 0 Å². The highest BCUT2D eigenvalue weighted by Gasteiger charge is 2.26. The summed E-state index contributed by atoms with van der Waals surface area (Å²) in [5, 5.41) is 7.36. The van der Waals surface area contributed by atoms with Gasteiger partial charge < -0.3 is 14.7 Å². The van der Waals surface area contributed by atoms with E-state index in [-0.39, 0.29) is 5.92 Å². The van der Waals surface area contributed by atoms with E-state index < -0.39 is 0 Å². The van der Waals surface area contributed by atoms with Crippen molar-refractivity contribution in [1.29, 1.82) is 0 Å². The third kappa shape index (κ3) is 1.86. The Morgan fingerprint density at radius 2 is 2.17 bits per heavy atom. The molecular weight excluding hydrogens is 228 g/mol. The molecule has 1 aliphatic heterocycles. The lowest BCUT2D eigenvalue weighted by Crippen LogP contribution is -2.28. The molecule has 0 aliphatic carbocycles. The maximum Gasteiger partial charge on any atom is 0.265 e. The Hall–Kier alpha value is -1.88. The average Bonchev–Trinajstić information content (AvgIpc) is 2.87. The van der Waals surface area contributed by atoms with E-state index in [2.05, 4.69) is 39.7 Å². The highest BCUT2D eigenvalue weighted by Crippen LogP contribution is 2.29. The van der Waals surface area contributed by atoms with Gasteiger partial charge in [0, 0.05) is 27.2 Å². The number of fused-ring (bicyclic) bond motifs is 1. The molecule has 1 N–H and O–H groups in total. The van der Waals surface area contributed by atoms with Gasteiger partial charge in [-0.25, -0.2) is 0 Å². The summed E-state index contributed by atoms with van der Waals surface area (Å²) >= 11 is 0. The van der Waals surface area contributed by atoms with E-state index in [1.165, 1.54) is 11.1 Å². The molecule has 5 nitrogen and oxygen atoms in total. The van der Waals surface area contributed by atoms with E-state index >= 15 is 0 Å². The lowest BCUT2D eigenvalue weighted by molar-refractivity contribution is 0.356. The van der Waals surface area contributed by atoms with Crippen molar-refractivity contribution < 1.29 is 4.52 Å². The summed E-state index contributed by atoms with van der Waals surface area (Å²) in [6.07, 6.45) is 0. The fourth-order valence-corrected chi connectivity index (χ4v) is 2.27. The van der Waals surface area contributed by atoms with Crippen LogP contribution in [0.1, 0.15) is 22.9 Å². The summed E-state index contributed by atoms with van der Waals surface area (Å²) in [5.74, 6) is 1.45. The van der Waals surface area contributed by atoms with Crippen molar-refractivity contribution in [2.75, 3.05) is 25.5 Å². The van der Waals surface area contributed by atoms with Crippen LogP contribution in [0.3, 0.4) is 0 Å². The summed E-state index contributed by atoms with van der Waals surface area (Å²) in [6.45, 7) is 1.74. The molecule has 0 bridgehead atoms. The lowest BCUT2D eigenvalue weighted by Gasteiger charge is -2.23. The van der Waals surface area contributed by atoms with Crippen molar-refractivity contribution in [2.45, 2.75) is 12.5 Å². The number of hydrogen-bond donors (Lipinski definition) is 1. The lowest BCUT2D eigenvalue weighted by atomic mass is 9.91. The third-order valence-electron chi connectivity index (χ3n) is 3.22. The molecule has 5 heteroatoms. The van der Waals surface area contributed by atoms with Crippen LogP contribution < -0.4 is 10.2 Å². The zero-order valence-electron chi connectivity index (χ0n) is 10.6. The molecular formula is C13H16N4O. The SMILES string of the molecule is CN(C)c1noc(C2CNCc3ccccc32)n1. The first-order chi connectivity index (χ1) is 8.75. The number of aromatic nitrogens is 2. The van der Waals surface area contributed by atoms with Gasteiger partial charge in [0.15, 0.2) is 0 Å². The van der Waals surface area contributed by atoms with Gasteiger partial charge in [0.25, 0.3) is 5.95 Å². The fourth-order valence-electron chi connectivity index (χ4n) is 2.27. The Kier molecular flexibility index (Phi) is 2.76. The van der Waals surface area contributed by atoms with Crippen LogP contribution in [0.25, 0.3) is 0 Å². The zero-order chi connectivity index (χ0) is 12.5. The van der Waals surface area contributed by atoms with Crippen LogP contribution in [0.4, 0.5) is 5.95 Å². The zero-order valence-corrected chi connectivity index (χ0v) is 10.6. The maximum atomic E-state index is 5.38. The van der Waals surface area contributed by atoms with E-state index in [1.807, 2.05) is 19.0 Å². The van der Waals surface area contributed by atoms with Crippen LogP contribution in [0.5, 0.6) is 0 Å². The van der Waals surface area contributed by atoms with Gasteiger partial charge in [-0.2, -0.15) is 4.98 Å². The van der Waals surface area contributed by atoms with Crippen LogP contribution in [0.15, 0.2) is 28.8 Å². The number of nitrogens with one attached hydrogen (secondary N) is 1. The highest BCUT2D eigenvalue weighted by atomic mass is 16.5. The summed E-state index contributed by atoms with van der Waals surface area (Å²) in [5.41, 5.74) is 2.59. The molecule has 1 atom stereocenters. The predicted octanol–water partition coefficient (Wildman–Crippen LogP) is 1.37. The van der Waals surface area contributed by atoms with E-state index in [4.69, 9.17) is 4.52 Å². The second-order valence-corrected chi connectivity index (χ2v) is 4.71. The molecule has 18 heavy (non-hydrogen) atoms. The molecule has 0 saturated heterocycles. The minimum Gasteiger partial charge on any atom is -0.344 e.